The van der Waals surface area contributed by atoms with E-state index < -0.39 is 5.97 Å². The summed E-state index contributed by atoms with van der Waals surface area (Å²) in [5.74, 6) is 0.281. The summed E-state index contributed by atoms with van der Waals surface area (Å²) in [5.41, 5.74) is 6.61. The van der Waals surface area contributed by atoms with Crippen LogP contribution in [0, 0.1) is 0 Å². The van der Waals surface area contributed by atoms with E-state index >= 15 is 0 Å². The number of methoxy groups -OCH3 is 3. The highest BCUT2D eigenvalue weighted by Gasteiger charge is 2.25. The monoisotopic (exact) mass is 283 g/mol. The Morgan fingerprint density at radius 3 is 2.05 bits per heavy atom. The van der Waals surface area contributed by atoms with E-state index in [0.29, 0.717) is 22.8 Å². The molecular formula is C14H21NO5. The molecule has 0 bridgehead atoms. The van der Waals surface area contributed by atoms with Gasteiger partial charge in [-0.1, -0.05) is 0 Å². The van der Waals surface area contributed by atoms with Crippen LogP contribution in [0.3, 0.4) is 0 Å². The molecule has 20 heavy (non-hydrogen) atoms. The van der Waals surface area contributed by atoms with Crippen LogP contribution in [-0.2, 0) is 4.79 Å². The third-order valence-corrected chi connectivity index (χ3v) is 3.16. The molecule has 0 aliphatic carbocycles. The van der Waals surface area contributed by atoms with Crippen molar-refractivity contribution in [1.82, 2.24) is 0 Å². The van der Waals surface area contributed by atoms with Crippen molar-refractivity contribution < 1.29 is 24.1 Å². The minimum absolute atomic E-state index is 0.0799. The maximum atomic E-state index is 11.0. The van der Waals surface area contributed by atoms with E-state index in [4.69, 9.17) is 25.1 Å². The second kappa shape index (κ2) is 7.00. The van der Waals surface area contributed by atoms with Crippen molar-refractivity contribution in [3.63, 3.8) is 0 Å². The Morgan fingerprint density at radius 1 is 1.15 bits per heavy atom. The summed E-state index contributed by atoms with van der Waals surface area (Å²) in [6.07, 6.45) is -0.0799. The highest BCUT2D eigenvalue weighted by molar-refractivity contribution is 5.69. The van der Waals surface area contributed by atoms with Crippen molar-refractivity contribution in [2.75, 3.05) is 21.3 Å². The number of carbonyl (C=O) groups is 1. The van der Waals surface area contributed by atoms with Gasteiger partial charge >= 0.3 is 5.97 Å². The molecular weight excluding hydrogens is 262 g/mol. The van der Waals surface area contributed by atoms with Crippen LogP contribution >= 0.6 is 0 Å². The molecule has 3 N–H and O–H groups in total. The largest absolute Gasteiger partial charge is 0.496 e. The van der Waals surface area contributed by atoms with Gasteiger partial charge < -0.3 is 25.1 Å². The summed E-state index contributed by atoms with van der Waals surface area (Å²) in [5, 5.41) is 9.03. The average molecular weight is 283 g/mol. The number of nitrogens with two attached hydrogens (primary N) is 1. The van der Waals surface area contributed by atoms with E-state index in [-0.39, 0.29) is 18.4 Å². The van der Waals surface area contributed by atoms with Crippen molar-refractivity contribution >= 4 is 5.97 Å². The van der Waals surface area contributed by atoms with Gasteiger partial charge in [0.2, 0.25) is 0 Å². The van der Waals surface area contributed by atoms with Crippen molar-refractivity contribution in [3.05, 3.63) is 17.7 Å². The van der Waals surface area contributed by atoms with Crippen LogP contribution < -0.4 is 19.9 Å². The third kappa shape index (κ3) is 3.54. The molecule has 1 rings (SSSR count). The van der Waals surface area contributed by atoms with E-state index in [1.165, 1.54) is 21.3 Å². The first kappa shape index (κ1) is 16.1. The molecule has 0 fully saturated rings. The molecule has 0 aliphatic rings. The fourth-order valence-corrected chi connectivity index (χ4v) is 2.11. The molecule has 6 nitrogen and oxygen atoms in total. The van der Waals surface area contributed by atoms with Gasteiger partial charge in [0.25, 0.3) is 0 Å². The molecule has 0 heterocycles. The average Bonchev–Trinajstić information content (AvgIpc) is 2.42. The Bertz CT molecular complexity index is 473. The molecule has 2 unspecified atom stereocenters. The second-order valence-electron chi connectivity index (χ2n) is 4.51. The van der Waals surface area contributed by atoms with Crippen LogP contribution in [0.4, 0.5) is 0 Å². The first-order valence-electron chi connectivity index (χ1n) is 6.21. The van der Waals surface area contributed by atoms with Crippen LogP contribution in [0.2, 0.25) is 0 Å². The quantitative estimate of drug-likeness (QED) is 0.790. The second-order valence-corrected chi connectivity index (χ2v) is 4.51. The molecule has 0 spiro atoms. The molecule has 1 aromatic carbocycles. The van der Waals surface area contributed by atoms with E-state index in [9.17, 15) is 4.79 Å². The molecule has 2 atom stereocenters. The Hall–Kier alpha value is -1.95. The van der Waals surface area contributed by atoms with E-state index in [1.807, 2.05) is 0 Å². The number of aliphatic carboxylic acids is 1. The SMILES string of the molecule is COc1cc(OC)c(C(CC(=O)O)C(C)N)cc1OC. The fourth-order valence-electron chi connectivity index (χ4n) is 2.11. The minimum atomic E-state index is -0.913. The number of carboxylic acid groups (broad SMARTS) is 1. The molecule has 6 heteroatoms. The van der Waals surface area contributed by atoms with Crippen LogP contribution in [0.15, 0.2) is 12.1 Å². The van der Waals surface area contributed by atoms with E-state index in [0.717, 1.165) is 0 Å². The van der Waals surface area contributed by atoms with Crippen molar-refractivity contribution in [2.24, 2.45) is 5.73 Å². The lowest BCUT2D eigenvalue weighted by molar-refractivity contribution is -0.137. The number of hydrogen-bond acceptors (Lipinski definition) is 5. The van der Waals surface area contributed by atoms with E-state index in [2.05, 4.69) is 0 Å². The summed E-state index contributed by atoms with van der Waals surface area (Å²) in [7, 11) is 4.56. The fraction of sp³-hybridized carbons (Fsp3) is 0.500. The molecule has 0 aromatic heterocycles. The van der Waals surface area contributed by atoms with Gasteiger partial charge in [-0.15, -0.1) is 0 Å². The maximum absolute atomic E-state index is 11.0. The number of ether oxygens (including phenoxy) is 3. The number of rotatable bonds is 7. The third-order valence-electron chi connectivity index (χ3n) is 3.16. The normalized spacial score (nSPS) is 13.4. The van der Waals surface area contributed by atoms with Gasteiger partial charge in [-0.3, -0.25) is 4.79 Å². The van der Waals surface area contributed by atoms with Gasteiger partial charge in [0.15, 0.2) is 11.5 Å². The minimum Gasteiger partial charge on any atom is -0.496 e. The summed E-state index contributed by atoms with van der Waals surface area (Å²) in [6.45, 7) is 1.77. The summed E-state index contributed by atoms with van der Waals surface area (Å²) in [4.78, 5) is 11.0. The molecule has 0 aliphatic heterocycles. The molecule has 0 saturated carbocycles. The maximum Gasteiger partial charge on any atom is 0.304 e. The Labute approximate surface area is 118 Å². The standard InChI is InChI=1S/C14H21NO5/c1-8(15)9(6-14(16)17)10-5-12(19-3)13(20-4)7-11(10)18-2/h5,7-9H,6,15H2,1-4H3,(H,16,17). The summed E-state index contributed by atoms with van der Waals surface area (Å²) >= 11 is 0. The first-order chi connectivity index (χ1) is 9.44. The molecule has 112 valence electrons. The molecule has 1 aromatic rings. The predicted octanol–water partition coefficient (Wildman–Crippen LogP) is 1.62. The molecule has 0 radical (unpaired) electrons. The van der Waals surface area contributed by atoms with Crippen LogP contribution in [0.5, 0.6) is 17.2 Å². The van der Waals surface area contributed by atoms with Gasteiger partial charge in [0.05, 0.1) is 27.8 Å². The van der Waals surface area contributed by atoms with E-state index in [1.54, 1.807) is 19.1 Å². The van der Waals surface area contributed by atoms with Crippen molar-refractivity contribution in [1.29, 1.82) is 0 Å². The lowest BCUT2D eigenvalue weighted by Crippen LogP contribution is -2.27. The Kier molecular flexibility index (Phi) is 5.64. The number of hydrogen-bond donors (Lipinski definition) is 2. The first-order valence-corrected chi connectivity index (χ1v) is 6.21. The number of benzene rings is 1. The zero-order valence-corrected chi connectivity index (χ0v) is 12.2. The predicted molar refractivity (Wildman–Crippen MR) is 74.7 cm³/mol. The highest BCUT2D eigenvalue weighted by atomic mass is 16.5. The van der Waals surface area contributed by atoms with Gasteiger partial charge in [-0.05, 0) is 13.0 Å². The highest BCUT2D eigenvalue weighted by Crippen LogP contribution is 2.39. The van der Waals surface area contributed by atoms with Gasteiger partial charge in [0.1, 0.15) is 5.75 Å². The van der Waals surface area contributed by atoms with Crippen LogP contribution in [0.1, 0.15) is 24.8 Å². The summed E-state index contributed by atoms with van der Waals surface area (Å²) < 4.78 is 15.8. The van der Waals surface area contributed by atoms with Crippen molar-refractivity contribution in [2.45, 2.75) is 25.3 Å². The lowest BCUT2D eigenvalue weighted by atomic mass is 9.89. The summed E-state index contributed by atoms with van der Waals surface area (Å²) in [6, 6.07) is 3.05. The van der Waals surface area contributed by atoms with Crippen LogP contribution in [-0.4, -0.2) is 38.4 Å². The number of carboxylic acids is 1. The topological polar surface area (TPSA) is 91.0 Å². The zero-order chi connectivity index (χ0) is 15.3. The van der Waals surface area contributed by atoms with Gasteiger partial charge in [-0.2, -0.15) is 0 Å². The van der Waals surface area contributed by atoms with Crippen LogP contribution in [0.25, 0.3) is 0 Å². The van der Waals surface area contributed by atoms with Gasteiger partial charge in [0, 0.05) is 23.6 Å². The molecule has 0 amide bonds. The zero-order valence-electron chi connectivity index (χ0n) is 12.2. The van der Waals surface area contributed by atoms with Crippen molar-refractivity contribution in [3.8, 4) is 17.2 Å². The lowest BCUT2D eigenvalue weighted by Gasteiger charge is -2.23. The Morgan fingerprint density at radius 2 is 1.65 bits per heavy atom. The Balaban J connectivity index is 3.35. The molecule has 0 saturated heterocycles. The van der Waals surface area contributed by atoms with Gasteiger partial charge in [-0.25, -0.2) is 0 Å². The smallest absolute Gasteiger partial charge is 0.304 e.